The molecule has 5 nitrogen and oxygen atoms in total. The molecule has 1 aliphatic rings. The summed E-state index contributed by atoms with van der Waals surface area (Å²) >= 11 is 3.04. The smallest absolute Gasteiger partial charge is 0.381 e. The van der Waals surface area contributed by atoms with Crippen molar-refractivity contribution in [2.75, 3.05) is 12.4 Å². The number of methoxy groups -OCH3 is 1. The summed E-state index contributed by atoms with van der Waals surface area (Å²) in [6.45, 7) is -1.40. The number of hydrogen-bond donors (Lipinski definition) is 1. The minimum atomic E-state index is -4.48. The minimum Gasteiger partial charge on any atom is -0.381 e. The summed E-state index contributed by atoms with van der Waals surface area (Å²) in [5, 5.41) is 6.69. The zero-order valence-corrected chi connectivity index (χ0v) is 12.9. The highest BCUT2D eigenvalue weighted by molar-refractivity contribution is 9.10. The lowest BCUT2D eigenvalue weighted by atomic mass is 10.2. The molecule has 0 bridgehead atoms. The Kier molecular flexibility index (Phi) is 4.92. The lowest BCUT2D eigenvalue weighted by Crippen LogP contribution is -2.31. The molecule has 21 heavy (non-hydrogen) atoms. The molecule has 1 aromatic rings. The summed E-state index contributed by atoms with van der Waals surface area (Å²) in [5.74, 6) is 0. The first-order valence-corrected chi connectivity index (χ1v) is 7.21. The van der Waals surface area contributed by atoms with Gasteiger partial charge in [0, 0.05) is 13.2 Å². The van der Waals surface area contributed by atoms with Gasteiger partial charge < -0.3 is 10.1 Å². The van der Waals surface area contributed by atoms with Crippen LogP contribution < -0.4 is 10.9 Å². The monoisotopic (exact) mass is 369 g/mol. The number of nitrogens with one attached hydrogen (secondary N) is 1. The van der Waals surface area contributed by atoms with E-state index >= 15 is 0 Å². The number of ether oxygens (including phenoxy) is 1. The lowest BCUT2D eigenvalue weighted by Gasteiger charge is -2.16. The third-order valence-corrected chi connectivity index (χ3v) is 4.16. The van der Waals surface area contributed by atoms with Crippen molar-refractivity contribution < 1.29 is 17.9 Å². The summed E-state index contributed by atoms with van der Waals surface area (Å²) < 4.78 is 42.7. The van der Waals surface area contributed by atoms with Crippen molar-refractivity contribution in [3.8, 4) is 0 Å². The number of rotatable bonds is 4. The van der Waals surface area contributed by atoms with Gasteiger partial charge in [-0.25, -0.2) is 4.68 Å². The maximum absolute atomic E-state index is 12.3. The summed E-state index contributed by atoms with van der Waals surface area (Å²) in [7, 11) is 1.64. The van der Waals surface area contributed by atoms with Crippen LogP contribution in [0.3, 0.4) is 0 Å². The van der Waals surface area contributed by atoms with E-state index in [0.717, 1.165) is 19.3 Å². The molecular formula is C12H15BrF3N3O2. The van der Waals surface area contributed by atoms with E-state index in [9.17, 15) is 18.0 Å². The molecule has 0 saturated heterocycles. The first kappa shape index (κ1) is 16.3. The first-order chi connectivity index (χ1) is 9.80. The molecule has 1 aliphatic carbocycles. The minimum absolute atomic E-state index is 0.0580. The molecule has 1 aromatic heterocycles. The van der Waals surface area contributed by atoms with Crippen LogP contribution in [0.5, 0.6) is 0 Å². The van der Waals surface area contributed by atoms with E-state index in [1.165, 1.54) is 6.20 Å². The largest absolute Gasteiger partial charge is 0.408 e. The summed E-state index contributed by atoms with van der Waals surface area (Å²) in [5.41, 5.74) is -0.404. The number of halogens is 4. The SMILES string of the molecule is COC1CCC(Nc2cnn(CC(F)(F)F)c(=O)c2Br)C1. The molecule has 9 heteroatoms. The van der Waals surface area contributed by atoms with E-state index in [-0.39, 0.29) is 16.6 Å². The van der Waals surface area contributed by atoms with Gasteiger partial charge in [-0.15, -0.1) is 0 Å². The lowest BCUT2D eigenvalue weighted by molar-refractivity contribution is -0.143. The standard InChI is InChI=1S/C12H15BrF3N3O2/c1-21-8-3-2-7(4-8)18-9-5-17-19(6-12(14,15)16)11(20)10(9)13/h5,7-8,18H,2-4,6H2,1H3. The molecular weight excluding hydrogens is 355 g/mol. The van der Waals surface area contributed by atoms with E-state index in [1.54, 1.807) is 7.11 Å². The van der Waals surface area contributed by atoms with Gasteiger partial charge in [-0.05, 0) is 35.2 Å². The molecule has 0 radical (unpaired) electrons. The number of hydrogen-bond acceptors (Lipinski definition) is 4. The van der Waals surface area contributed by atoms with Gasteiger partial charge in [0.05, 0.1) is 18.0 Å². The van der Waals surface area contributed by atoms with Crippen LogP contribution in [0.2, 0.25) is 0 Å². The maximum atomic E-state index is 12.3. The Labute approximate surface area is 127 Å². The van der Waals surface area contributed by atoms with Crippen LogP contribution in [0.15, 0.2) is 15.5 Å². The van der Waals surface area contributed by atoms with Crippen molar-refractivity contribution >= 4 is 21.6 Å². The van der Waals surface area contributed by atoms with Crippen LogP contribution in [0, 0.1) is 0 Å². The third-order valence-electron chi connectivity index (χ3n) is 3.39. The predicted octanol–water partition coefficient (Wildman–Crippen LogP) is 2.55. The number of alkyl halides is 3. The molecule has 2 atom stereocenters. The predicted molar refractivity (Wildman–Crippen MR) is 74.3 cm³/mol. The Morgan fingerprint density at radius 1 is 1.52 bits per heavy atom. The average Bonchev–Trinajstić information content (AvgIpc) is 2.85. The van der Waals surface area contributed by atoms with Gasteiger partial charge in [-0.2, -0.15) is 18.3 Å². The quantitative estimate of drug-likeness (QED) is 0.885. The fraction of sp³-hybridized carbons (Fsp3) is 0.667. The highest BCUT2D eigenvalue weighted by Crippen LogP contribution is 2.27. The number of anilines is 1. The molecule has 0 aromatic carbocycles. The molecule has 1 N–H and O–H groups in total. The molecule has 118 valence electrons. The normalized spacial score (nSPS) is 22.5. The molecule has 0 aliphatic heterocycles. The van der Waals surface area contributed by atoms with E-state index in [0.29, 0.717) is 10.4 Å². The second kappa shape index (κ2) is 6.35. The van der Waals surface area contributed by atoms with Crippen LogP contribution in [0.1, 0.15) is 19.3 Å². The van der Waals surface area contributed by atoms with Gasteiger partial charge in [0.15, 0.2) is 0 Å². The fourth-order valence-corrected chi connectivity index (χ4v) is 2.77. The van der Waals surface area contributed by atoms with Gasteiger partial charge in [0.25, 0.3) is 5.56 Å². The van der Waals surface area contributed by atoms with Crippen LogP contribution in [-0.2, 0) is 11.3 Å². The van der Waals surface area contributed by atoms with E-state index in [2.05, 4.69) is 26.3 Å². The summed E-state index contributed by atoms with van der Waals surface area (Å²) in [4.78, 5) is 11.9. The Bertz CT molecular complexity index is 562. The zero-order chi connectivity index (χ0) is 15.6. The van der Waals surface area contributed by atoms with E-state index < -0.39 is 18.3 Å². The molecule has 2 unspecified atom stereocenters. The van der Waals surface area contributed by atoms with E-state index in [4.69, 9.17) is 4.74 Å². The van der Waals surface area contributed by atoms with Crippen molar-refractivity contribution in [2.24, 2.45) is 0 Å². The van der Waals surface area contributed by atoms with Gasteiger partial charge in [0.1, 0.15) is 11.0 Å². The first-order valence-electron chi connectivity index (χ1n) is 6.42. The molecule has 1 saturated carbocycles. The maximum Gasteiger partial charge on any atom is 0.408 e. The second-order valence-electron chi connectivity index (χ2n) is 4.96. The van der Waals surface area contributed by atoms with Crippen LogP contribution in [0.25, 0.3) is 0 Å². The van der Waals surface area contributed by atoms with Crippen molar-refractivity contribution in [1.82, 2.24) is 9.78 Å². The van der Waals surface area contributed by atoms with E-state index in [1.807, 2.05) is 0 Å². The molecule has 0 amide bonds. The average molecular weight is 370 g/mol. The Balaban J connectivity index is 2.12. The van der Waals surface area contributed by atoms with Crippen LogP contribution in [-0.4, -0.2) is 35.2 Å². The van der Waals surface area contributed by atoms with Crippen molar-refractivity contribution in [3.05, 3.63) is 21.0 Å². The van der Waals surface area contributed by atoms with Gasteiger partial charge >= 0.3 is 6.18 Å². The third kappa shape index (κ3) is 4.19. The Morgan fingerprint density at radius 3 is 2.81 bits per heavy atom. The summed E-state index contributed by atoms with van der Waals surface area (Å²) in [6.07, 6.45) is -0.519. The van der Waals surface area contributed by atoms with Gasteiger partial charge in [-0.1, -0.05) is 0 Å². The highest BCUT2D eigenvalue weighted by atomic mass is 79.9. The van der Waals surface area contributed by atoms with Crippen molar-refractivity contribution in [1.29, 1.82) is 0 Å². The highest BCUT2D eigenvalue weighted by Gasteiger charge is 2.30. The fourth-order valence-electron chi connectivity index (χ4n) is 2.35. The molecule has 2 rings (SSSR count). The second-order valence-corrected chi connectivity index (χ2v) is 5.76. The van der Waals surface area contributed by atoms with Crippen molar-refractivity contribution in [2.45, 2.75) is 44.1 Å². The van der Waals surface area contributed by atoms with Gasteiger partial charge in [0.2, 0.25) is 0 Å². The zero-order valence-electron chi connectivity index (χ0n) is 11.3. The topological polar surface area (TPSA) is 56.1 Å². The van der Waals surface area contributed by atoms with Gasteiger partial charge in [-0.3, -0.25) is 4.79 Å². The molecule has 0 spiro atoms. The Hall–Kier alpha value is -1.09. The van der Waals surface area contributed by atoms with Crippen LogP contribution >= 0.6 is 15.9 Å². The Morgan fingerprint density at radius 2 is 2.24 bits per heavy atom. The molecule has 1 fully saturated rings. The summed E-state index contributed by atoms with van der Waals surface area (Å²) in [6, 6.07) is 0.117. The number of nitrogens with zero attached hydrogens (tertiary/aromatic N) is 2. The molecule has 1 heterocycles. The van der Waals surface area contributed by atoms with Crippen LogP contribution in [0.4, 0.5) is 18.9 Å². The van der Waals surface area contributed by atoms with Crippen molar-refractivity contribution in [3.63, 3.8) is 0 Å². The number of aromatic nitrogens is 2.